The summed E-state index contributed by atoms with van der Waals surface area (Å²) in [5.74, 6) is -1.21. The zero-order valence-corrected chi connectivity index (χ0v) is 14.0. The van der Waals surface area contributed by atoms with Crippen molar-refractivity contribution in [1.82, 2.24) is 9.80 Å². The molecule has 0 bridgehead atoms. The van der Waals surface area contributed by atoms with Gasteiger partial charge in [0.1, 0.15) is 6.54 Å². The summed E-state index contributed by atoms with van der Waals surface area (Å²) >= 11 is 0. The molecule has 1 aromatic rings. The van der Waals surface area contributed by atoms with Crippen molar-refractivity contribution in [3.8, 4) is 0 Å². The van der Waals surface area contributed by atoms with Crippen LogP contribution in [0.25, 0.3) is 0 Å². The molecular formula is C18H22N2O4. The average Bonchev–Trinajstić information content (AvgIpc) is 3.12. The van der Waals surface area contributed by atoms with Crippen molar-refractivity contribution in [3.63, 3.8) is 0 Å². The summed E-state index contributed by atoms with van der Waals surface area (Å²) in [4.78, 5) is 39.7. The molecule has 2 heterocycles. The molecule has 1 atom stereocenters. The fraction of sp³-hybridized carbons (Fsp3) is 0.500. The number of fused-ring (bicyclic) bond motifs is 1. The van der Waals surface area contributed by atoms with E-state index in [9.17, 15) is 19.5 Å². The van der Waals surface area contributed by atoms with E-state index in [0.29, 0.717) is 25.1 Å². The van der Waals surface area contributed by atoms with E-state index in [1.54, 1.807) is 11.0 Å². The number of carboxylic acid groups (broad SMARTS) is 1. The van der Waals surface area contributed by atoms with Gasteiger partial charge in [0.05, 0.1) is 5.41 Å². The smallest absolute Gasteiger partial charge is 0.311 e. The van der Waals surface area contributed by atoms with Gasteiger partial charge < -0.3 is 14.9 Å². The van der Waals surface area contributed by atoms with E-state index in [-0.39, 0.29) is 30.8 Å². The minimum atomic E-state index is -0.881. The molecule has 3 rings (SSSR count). The standard InChI is InChI=1S/C18H22N2O4/c1-12(2)18(17(23)24)7-8-19(11-18)15(21)10-20-9-13-5-3-4-6-14(13)16(20)22/h3-6,12H,7-11H2,1-2H3,(H,23,24). The van der Waals surface area contributed by atoms with Gasteiger partial charge in [-0.1, -0.05) is 32.0 Å². The van der Waals surface area contributed by atoms with E-state index >= 15 is 0 Å². The fourth-order valence-electron chi connectivity index (χ4n) is 3.64. The van der Waals surface area contributed by atoms with Gasteiger partial charge in [-0.3, -0.25) is 14.4 Å². The van der Waals surface area contributed by atoms with Crippen LogP contribution in [0.5, 0.6) is 0 Å². The highest BCUT2D eigenvalue weighted by Gasteiger charge is 2.48. The van der Waals surface area contributed by atoms with Gasteiger partial charge in [-0.25, -0.2) is 0 Å². The SMILES string of the molecule is CC(C)C1(C(=O)O)CCN(C(=O)CN2Cc3ccccc3C2=O)C1. The average molecular weight is 330 g/mol. The van der Waals surface area contributed by atoms with Crippen LogP contribution in [0.15, 0.2) is 24.3 Å². The van der Waals surface area contributed by atoms with Crippen LogP contribution in [-0.2, 0) is 16.1 Å². The molecule has 128 valence electrons. The lowest BCUT2D eigenvalue weighted by Gasteiger charge is -2.29. The topological polar surface area (TPSA) is 77.9 Å². The van der Waals surface area contributed by atoms with E-state index in [0.717, 1.165) is 5.56 Å². The zero-order chi connectivity index (χ0) is 17.5. The summed E-state index contributed by atoms with van der Waals surface area (Å²) in [5.41, 5.74) is 0.695. The van der Waals surface area contributed by atoms with Crippen LogP contribution < -0.4 is 0 Å². The second-order valence-electron chi connectivity index (χ2n) is 7.00. The van der Waals surface area contributed by atoms with Gasteiger partial charge in [0, 0.05) is 25.2 Å². The summed E-state index contributed by atoms with van der Waals surface area (Å²) in [6.45, 7) is 4.84. The molecule has 1 saturated heterocycles. The van der Waals surface area contributed by atoms with Crippen molar-refractivity contribution in [2.45, 2.75) is 26.8 Å². The number of amides is 2. The maximum Gasteiger partial charge on any atom is 0.311 e. The predicted octanol–water partition coefficient (Wildman–Crippen LogP) is 1.60. The van der Waals surface area contributed by atoms with Gasteiger partial charge in [-0.15, -0.1) is 0 Å². The summed E-state index contributed by atoms with van der Waals surface area (Å²) in [6, 6.07) is 7.35. The van der Waals surface area contributed by atoms with Crippen LogP contribution in [0.1, 0.15) is 36.2 Å². The summed E-state index contributed by atoms with van der Waals surface area (Å²) in [7, 11) is 0. The van der Waals surface area contributed by atoms with Crippen molar-refractivity contribution >= 4 is 17.8 Å². The number of rotatable bonds is 4. The Bertz CT molecular complexity index is 700. The third-order valence-corrected chi connectivity index (χ3v) is 5.41. The molecular weight excluding hydrogens is 308 g/mol. The van der Waals surface area contributed by atoms with Gasteiger partial charge >= 0.3 is 5.97 Å². The van der Waals surface area contributed by atoms with Crippen LogP contribution in [0, 0.1) is 11.3 Å². The first kappa shape index (κ1) is 16.5. The lowest BCUT2D eigenvalue weighted by molar-refractivity contribution is -0.151. The second kappa shape index (κ2) is 5.92. The number of benzene rings is 1. The highest BCUT2D eigenvalue weighted by Crippen LogP contribution is 2.38. The van der Waals surface area contributed by atoms with E-state index in [1.807, 2.05) is 32.0 Å². The quantitative estimate of drug-likeness (QED) is 0.909. The largest absolute Gasteiger partial charge is 0.481 e. The van der Waals surface area contributed by atoms with Crippen LogP contribution >= 0.6 is 0 Å². The number of likely N-dealkylation sites (tertiary alicyclic amines) is 1. The van der Waals surface area contributed by atoms with Crippen molar-refractivity contribution in [2.24, 2.45) is 11.3 Å². The van der Waals surface area contributed by atoms with Crippen molar-refractivity contribution in [2.75, 3.05) is 19.6 Å². The minimum absolute atomic E-state index is 0.00130. The zero-order valence-electron chi connectivity index (χ0n) is 14.0. The molecule has 24 heavy (non-hydrogen) atoms. The number of aliphatic carboxylic acids is 1. The number of nitrogens with zero attached hydrogens (tertiary/aromatic N) is 2. The summed E-state index contributed by atoms with van der Waals surface area (Å²) < 4.78 is 0. The Morgan fingerprint density at radius 1 is 1.29 bits per heavy atom. The highest BCUT2D eigenvalue weighted by atomic mass is 16.4. The Labute approximate surface area is 141 Å². The minimum Gasteiger partial charge on any atom is -0.481 e. The monoisotopic (exact) mass is 330 g/mol. The number of hydrogen-bond donors (Lipinski definition) is 1. The van der Waals surface area contributed by atoms with Crippen molar-refractivity contribution in [1.29, 1.82) is 0 Å². The van der Waals surface area contributed by atoms with E-state index in [1.165, 1.54) is 4.90 Å². The predicted molar refractivity (Wildman–Crippen MR) is 87.3 cm³/mol. The Kier molecular flexibility index (Phi) is 4.07. The normalized spacial score (nSPS) is 23.0. The molecule has 1 unspecified atom stereocenters. The van der Waals surface area contributed by atoms with Crippen LogP contribution in [0.4, 0.5) is 0 Å². The van der Waals surface area contributed by atoms with Gasteiger partial charge in [0.15, 0.2) is 0 Å². The molecule has 6 nitrogen and oxygen atoms in total. The molecule has 0 spiro atoms. The molecule has 1 fully saturated rings. The Hall–Kier alpha value is -2.37. The molecule has 0 aromatic heterocycles. The van der Waals surface area contributed by atoms with Crippen molar-refractivity contribution in [3.05, 3.63) is 35.4 Å². The molecule has 0 aliphatic carbocycles. The number of hydrogen-bond acceptors (Lipinski definition) is 3. The second-order valence-corrected chi connectivity index (χ2v) is 7.00. The van der Waals surface area contributed by atoms with E-state index < -0.39 is 11.4 Å². The Morgan fingerprint density at radius 2 is 2.00 bits per heavy atom. The third kappa shape index (κ3) is 2.56. The molecule has 0 radical (unpaired) electrons. The molecule has 1 N–H and O–H groups in total. The first-order valence-corrected chi connectivity index (χ1v) is 8.23. The Morgan fingerprint density at radius 3 is 2.58 bits per heavy atom. The first-order chi connectivity index (χ1) is 11.3. The number of carbonyl (C=O) groups excluding carboxylic acids is 2. The summed E-state index contributed by atoms with van der Waals surface area (Å²) in [6.07, 6.45) is 0.458. The molecule has 2 aliphatic rings. The maximum atomic E-state index is 12.6. The number of carbonyl (C=O) groups is 3. The van der Waals surface area contributed by atoms with Crippen LogP contribution in [-0.4, -0.2) is 52.3 Å². The Balaban J connectivity index is 1.67. The molecule has 1 aromatic carbocycles. The van der Waals surface area contributed by atoms with Crippen molar-refractivity contribution < 1.29 is 19.5 Å². The lowest BCUT2D eigenvalue weighted by Crippen LogP contribution is -2.43. The highest BCUT2D eigenvalue weighted by molar-refractivity contribution is 6.00. The van der Waals surface area contributed by atoms with E-state index in [2.05, 4.69) is 0 Å². The third-order valence-electron chi connectivity index (χ3n) is 5.41. The van der Waals surface area contributed by atoms with Gasteiger partial charge in [-0.05, 0) is 24.0 Å². The van der Waals surface area contributed by atoms with E-state index in [4.69, 9.17) is 0 Å². The lowest BCUT2D eigenvalue weighted by atomic mass is 9.76. The van der Waals surface area contributed by atoms with Gasteiger partial charge in [-0.2, -0.15) is 0 Å². The van der Waals surface area contributed by atoms with Crippen LogP contribution in [0.2, 0.25) is 0 Å². The molecule has 2 amide bonds. The molecule has 6 heteroatoms. The first-order valence-electron chi connectivity index (χ1n) is 8.23. The van der Waals surface area contributed by atoms with Gasteiger partial charge in [0.25, 0.3) is 5.91 Å². The summed E-state index contributed by atoms with van der Waals surface area (Å²) in [5, 5.41) is 9.58. The maximum absolute atomic E-state index is 12.6. The van der Waals surface area contributed by atoms with Crippen LogP contribution in [0.3, 0.4) is 0 Å². The van der Waals surface area contributed by atoms with Gasteiger partial charge in [0.2, 0.25) is 5.91 Å². The molecule has 2 aliphatic heterocycles. The molecule has 0 saturated carbocycles. The fourth-order valence-corrected chi connectivity index (χ4v) is 3.64. The number of carboxylic acids is 1.